The molecular weight excluding hydrogens is 300 g/mol. The lowest BCUT2D eigenvalue weighted by Gasteiger charge is -2.35. The van der Waals surface area contributed by atoms with Crippen molar-refractivity contribution < 1.29 is 4.74 Å². The second-order valence-corrected chi connectivity index (χ2v) is 4.91. The van der Waals surface area contributed by atoms with Crippen molar-refractivity contribution >= 4 is 5.82 Å². The number of hydrogen-bond acceptors (Lipinski definition) is 5. The lowest BCUT2D eigenvalue weighted by molar-refractivity contribution is 0.300. The molecule has 2 aliphatic heterocycles. The first kappa shape index (κ1) is 22.6. The van der Waals surface area contributed by atoms with Gasteiger partial charge in [-0.15, -0.1) is 0 Å². The molecule has 0 aromatic carbocycles. The molecule has 3 rings (SSSR count). The zero-order valence-corrected chi connectivity index (χ0v) is 17.1. The Bertz CT molecular complexity index is 451. The van der Waals surface area contributed by atoms with Crippen molar-refractivity contribution in [1.82, 2.24) is 15.3 Å². The van der Waals surface area contributed by atoms with Gasteiger partial charge in [0.2, 0.25) is 0 Å². The molecule has 0 amide bonds. The van der Waals surface area contributed by atoms with Gasteiger partial charge in [0, 0.05) is 32.1 Å². The van der Waals surface area contributed by atoms with E-state index in [1.165, 1.54) is 0 Å². The third kappa shape index (κ3) is 5.62. The van der Waals surface area contributed by atoms with Crippen LogP contribution in [0.25, 0.3) is 0 Å². The summed E-state index contributed by atoms with van der Waals surface area (Å²) in [5.41, 5.74) is 1.04. The number of ether oxygens (including phenoxy) is 1. The van der Waals surface area contributed by atoms with Crippen LogP contribution in [0.4, 0.5) is 5.82 Å². The van der Waals surface area contributed by atoms with Gasteiger partial charge in [-0.2, -0.15) is 0 Å². The van der Waals surface area contributed by atoms with Crippen LogP contribution in [0.15, 0.2) is 0 Å². The SMILES string of the molecule is CC.CC.CC.CCc1nc(C)nc2c1OCCC1CNCCN21. The van der Waals surface area contributed by atoms with Crippen LogP contribution in [-0.2, 0) is 6.42 Å². The second kappa shape index (κ2) is 13.0. The van der Waals surface area contributed by atoms with Crippen LogP contribution in [0.3, 0.4) is 0 Å². The van der Waals surface area contributed by atoms with Crippen LogP contribution in [0.1, 0.15) is 66.4 Å². The minimum atomic E-state index is 0.499. The molecule has 5 nitrogen and oxygen atoms in total. The second-order valence-electron chi connectivity index (χ2n) is 4.91. The summed E-state index contributed by atoms with van der Waals surface area (Å²) in [6, 6.07) is 0.499. The highest BCUT2D eigenvalue weighted by Gasteiger charge is 2.30. The molecule has 24 heavy (non-hydrogen) atoms. The maximum absolute atomic E-state index is 5.92. The van der Waals surface area contributed by atoms with Crippen molar-refractivity contribution in [2.45, 2.75) is 74.3 Å². The summed E-state index contributed by atoms with van der Waals surface area (Å²) in [6.45, 7) is 19.9. The Balaban J connectivity index is 0.000000798. The minimum absolute atomic E-state index is 0.499. The summed E-state index contributed by atoms with van der Waals surface area (Å²) in [5.74, 6) is 2.75. The summed E-state index contributed by atoms with van der Waals surface area (Å²) in [4.78, 5) is 11.5. The van der Waals surface area contributed by atoms with Crippen molar-refractivity contribution in [1.29, 1.82) is 0 Å². The first-order valence-corrected chi connectivity index (χ1v) is 9.77. The van der Waals surface area contributed by atoms with E-state index in [1.807, 2.05) is 48.5 Å². The highest BCUT2D eigenvalue weighted by Crippen LogP contribution is 2.34. The highest BCUT2D eigenvalue weighted by molar-refractivity contribution is 5.57. The van der Waals surface area contributed by atoms with Crippen LogP contribution < -0.4 is 15.0 Å². The smallest absolute Gasteiger partial charge is 0.183 e. The first-order chi connectivity index (χ1) is 11.8. The van der Waals surface area contributed by atoms with Gasteiger partial charge in [-0.3, -0.25) is 0 Å². The highest BCUT2D eigenvalue weighted by atomic mass is 16.5. The molecule has 1 atom stereocenters. The summed E-state index contributed by atoms with van der Waals surface area (Å²) >= 11 is 0. The molecule has 1 unspecified atom stereocenters. The Morgan fingerprint density at radius 3 is 2.42 bits per heavy atom. The maximum atomic E-state index is 5.92. The average molecular weight is 339 g/mol. The third-order valence-electron chi connectivity index (χ3n) is 3.68. The number of anilines is 1. The number of aryl methyl sites for hydroxylation is 2. The molecule has 1 fully saturated rings. The fourth-order valence-corrected chi connectivity index (χ4v) is 2.78. The van der Waals surface area contributed by atoms with E-state index in [0.717, 1.165) is 62.2 Å². The van der Waals surface area contributed by atoms with Crippen molar-refractivity contribution in [3.8, 4) is 5.75 Å². The van der Waals surface area contributed by atoms with E-state index in [4.69, 9.17) is 4.74 Å². The fourth-order valence-electron chi connectivity index (χ4n) is 2.78. The molecule has 3 heterocycles. The number of aromatic nitrogens is 2. The first-order valence-electron chi connectivity index (χ1n) is 9.77. The van der Waals surface area contributed by atoms with Crippen LogP contribution in [-0.4, -0.2) is 42.3 Å². The van der Waals surface area contributed by atoms with Gasteiger partial charge in [0.1, 0.15) is 5.82 Å². The van der Waals surface area contributed by atoms with Gasteiger partial charge in [-0.05, 0) is 13.3 Å². The summed E-state index contributed by atoms with van der Waals surface area (Å²) < 4.78 is 5.92. The van der Waals surface area contributed by atoms with Crippen molar-refractivity contribution in [2.24, 2.45) is 0 Å². The standard InChI is InChI=1S/C13H20N4O.3C2H6/c1-3-11-12-13(16-9(2)15-11)17-6-5-14-8-10(17)4-7-18-12;3*1-2/h10,14H,3-8H2,1-2H3;3*1-2H3. The quantitative estimate of drug-likeness (QED) is 0.839. The Hall–Kier alpha value is -1.36. The van der Waals surface area contributed by atoms with Gasteiger partial charge in [-0.25, -0.2) is 9.97 Å². The number of nitrogens with zero attached hydrogens (tertiary/aromatic N) is 3. The molecular formula is C19H38N4O. The van der Waals surface area contributed by atoms with E-state index in [0.29, 0.717) is 6.04 Å². The number of rotatable bonds is 1. The van der Waals surface area contributed by atoms with Crippen molar-refractivity contribution in [3.05, 3.63) is 11.5 Å². The van der Waals surface area contributed by atoms with E-state index in [1.54, 1.807) is 0 Å². The summed E-state index contributed by atoms with van der Waals surface area (Å²) in [6.07, 6.45) is 1.94. The van der Waals surface area contributed by atoms with Crippen LogP contribution >= 0.6 is 0 Å². The topological polar surface area (TPSA) is 50.3 Å². The number of fused-ring (bicyclic) bond motifs is 3. The lowest BCUT2D eigenvalue weighted by atomic mass is 10.1. The Labute approximate surface area is 149 Å². The molecule has 1 N–H and O–H groups in total. The maximum Gasteiger partial charge on any atom is 0.183 e. The average Bonchev–Trinajstić information content (AvgIpc) is 2.85. The van der Waals surface area contributed by atoms with Gasteiger partial charge in [0.25, 0.3) is 0 Å². The van der Waals surface area contributed by atoms with Gasteiger partial charge in [0.15, 0.2) is 11.6 Å². The van der Waals surface area contributed by atoms with E-state index in [-0.39, 0.29) is 0 Å². The zero-order chi connectivity index (χ0) is 18.5. The van der Waals surface area contributed by atoms with E-state index in [9.17, 15) is 0 Å². The monoisotopic (exact) mass is 338 g/mol. The van der Waals surface area contributed by atoms with Crippen molar-refractivity contribution in [3.63, 3.8) is 0 Å². The van der Waals surface area contributed by atoms with Gasteiger partial charge >= 0.3 is 0 Å². The zero-order valence-electron chi connectivity index (χ0n) is 17.1. The largest absolute Gasteiger partial charge is 0.488 e. The summed E-state index contributed by atoms with van der Waals surface area (Å²) in [5, 5.41) is 3.45. The fraction of sp³-hybridized carbons (Fsp3) is 0.789. The Kier molecular flexibility index (Phi) is 12.3. The van der Waals surface area contributed by atoms with Crippen LogP contribution in [0, 0.1) is 6.92 Å². The van der Waals surface area contributed by atoms with E-state index >= 15 is 0 Å². The molecule has 0 saturated carbocycles. The molecule has 1 aromatic heterocycles. The molecule has 0 radical (unpaired) electrons. The van der Waals surface area contributed by atoms with Crippen LogP contribution in [0.5, 0.6) is 5.75 Å². The molecule has 0 bridgehead atoms. The number of nitrogens with one attached hydrogen (secondary N) is 1. The molecule has 140 valence electrons. The van der Waals surface area contributed by atoms with Crippen LogP contribution in [0.2, 0.25) is 0 Å². The molecule has 1 aromatic rings. The molecule has 2 aliphatic rings. The normalized spacial score (nSPS) is 17.8. The molecule has 0 spiro atoms. The molecule has 1 saturated heterocycles. The lowest BCUT2D eigenvalue weighted by Crippen LogP contribution is -2.51. The van der Waals surface area contributed by atoms with E-state index < -0.39 is 0 Å². The Morgan fingerprint density at radius 2 is 1.79 bits per heavy atom. The van der Waals surface area contributed by atoms with Gasteiger partial charge in [0.05, 0.1) is 12.3 Å². The molecule has 0 aliphatic carbocycles. The minimum Gasteiger partial charge on any atom is -0.488 e. The predicted octanol–water partition coefficient (Wildman–Crippen LogP) is 3.99. The van der Waals surface area contributed by atoms with Gasteiger partial charge in [-0.1, -0.05) is 48.5 Å². The number of hydrogen-bond donors (Lipinski definition) is 1. The molecule has 5 heteroatoms. The Morgan fingerprint density at radius 1 is 1.12 bits per heavy atom. The summed E-state index contributed by atoms with van der Waals surface area (Å²) in [7, 11) is 0. The van der Waals surface area contributed by atoms with Gasteiger partial charge < -0.3 is 15.0 Å². The van der Waals surface area contributed by atoms with Crippen molar-refractivity contribution in [2.75, 3.05) is 31.1 Å². The number of piperazine rings is 1. The van der Waals surface area contributed by atoms with E-state index in [2.05, 4.69) is 27.1 Å². The third-order valence-corrected chi connectivity index (χ3v) is 3.68. The predicted molar refractivity (Wildman–Crippen MR) is 104 cm³/mol.